The molecule has 160 valence electrons. The van der Waals surface area contributed by atoms with Crippen molar-refractivity contribution in [3.63, 3.8) is 0 Å². The van der Waals surface area contributed by atoms with Crippen LogP contribution in [-0.4, -0.2) is 15.9 Å². The largest absolute Gasteiger partial charge is 0.618 e. The lowest BCUT2D eigenvalue weighted by molar-refractivity contribution is -0.584. The van der Waals surface area contributed by atoms with Gasteiger partial charge in [0.2, 0.25) is 11.2 Å². The molecular formula is C24H20N4O3S. The van der Waals surface area contributed by atoms with E-state index in [2.05, 4.69) is 22.2 Å². The second-order valence-corrected chi connectivity index (χ2v) is 9.03. The smallest absolute Gasteiger partial charge is 0.276 e. The van der Waals surface area contributed by atoms with Crippen molar-refractivity contribution in [2.75, 3.05) is 0 Å². The predicted octanol–water partition coefficient (Wildman–Crippen LogP) is 4.59. The molecule has 0 spiro atoms. The van der Waals surface area contributed by atoms with Crippen molar-refractivity contribution in [1.29, 1.82) is 0 Å². The van der Waals surface area contributed by atoms with Gasteiger partial charge in [-0.2, -0.15) is 4.73 Å². The Kier molecular flexibility index (Phi) is 4.86. The number of aromatic nitrogens is 3. The summed E-state index contributed by atoms with van der Waals surface area (Å²) in [6, 6.07) is 12.9. The molecule has 0 atom stereocenters. The summed E-state index contributed by atoms with van der Waals surface area (Å²) >= 11 is 1.66. The van der Waals surface area contributed by atoms with Crippen molar-refractivity contribution < 1.29 is 13.9 Å². The van der Waals surface area contributed by atoms with Crippen molar-refractivity contribution in [3.05, 3.63) is 80.8 Å². The Morgan fingerprint density at radius 2 is 1.97 bits per heavy atom. The number of hydrogen-bond donors (Lipinski definition) is 1. The monoisotopic (exact) mass is 444 g/mol. The van der Waals surface area contributed by atoms with Crippen LogP contribution in [0.25, 0.3) is 33.3 Å². The number of benzene rings is 2. The van der Waals surface area contributed by atoms with Crippen LogP contribution in [0.1, 0.15) is 31.6 Å². The fourth-order valence-corrected chi connectivity index (χ4v) is 4.69. The maximum Gasteiger partial charge on any atom is 0.276 e. The topological polar surface area (TPSA) is 95.0 Å². The standard InChI is InChI=1S/C24H20N4O3S/c1-13-22(27-19-6-4-5-7-20(19)28(13)30)24(29)25-11-17-12-31-21-9-8-16(10-18(17)21)23-14(2)32-15(3)26-23/h4-10,12H,11H2,1-3H3,(H,25,29). The van der Waals surface area contributed by atoms with Gasteiger partial charge in [0.1, 0.15) is 11.1 Å². The molecule has 8 heteroatoms. The van der Waals surface area contributed by atoms with E-state index in [4.69, 9.17) is 4.42 Å². The van der Waals surface area contributed by atoms with Gasteiger partial charge in [-0.25, -0.2) is 9.97 Å². The van der Waals surface area contributed by atoms with E-state index in [0.717, 1.165) is 42.4 Å². The molecule has 7 nitrogen and oxygen atoms in total. The Morgan fingerprint density at radius 1 is 1.16 bits per heavy atom. The van der Waals surface area contributed by atoms with Crippen molar-refractivity contribution >= 4 is 39.2 Å². The first-order valence-electron chi connectivity index (χ1n) is 10.1. The lowest BCUT2D eigenvalue weighted by Crippen LogP contribution is -2.36. The zero-order valence-corrected chi connectivity index (χ0v) is 18.6. The molecule has 0 bridgehead atoms. The summed E-state index contributed by atoms with van der Waals surface area (Å²) in [5.41, 5.74) is 4.83. The van der Waals surface area contributed by atoms with Gasteiger partial charge in [-0.05, 0) is 38.1 Å². The van der Waals surface area contributed by atoms with Gasteiger partial charge >= 0.3 is 0 Å². The highest BCUT2D eigenvalue weighted by Crippen LogP contribution is 2.31. The molecule has 0 saturated carbocycles. The number of nitrogens with zero attached hydrogens (tertiary/aromatic N) is 3. The van der Waals surface area contributed by atoms with Gasteiger partial charge in [0.25, 0.3) is 5.91 Å². The van der Waals surface area contributed by atoms with E-state index in [9.17, 15) is 10.0 Å². The SMILES string of the molecule is Cc1nc(-c2ccc3occ(CNC(=O)c4nc5ccccc5[n+]([O-])c4C)c3c2)c(C)s1. The van der Waals surface area contributed by atoms with E-state index in [1.54, 1.807) is 48.8 Å². The number of thiazole rings is 1. The molecule has 3 heterocycles. The Labute approximate surface area is 187 Å². The molecule has 0 aliphatic carbocycles. The minimum absolute atomic E-state index is 0.112. The van der Waals surface area contributed by atoms with Crippen LogP contribution in [0.5, 0.6) is 0 Å². The number of nitrogens with one attached hydrogen (secondary N) is 1. The van der Waals surface area contributed by atoms with Gasteiger partial charge < -0.3 is 14.9 Å². The molecular weight excluding hydrogens is 424 g/mol. The Morgan fingerprint density at radius 3 is 2.75 bits per heavy atom. The number of carbonyl (C=O) groups excluding carboxylic acids is 1. The number of amides is 1. The summed E-state index contributed by atoms with van der Waals surface area (Å²) in [5, 5.41) is 17.3. The average Bonchev–Trinajstić information content (AvgIpc) is 3.35. The molecule has 0 aliphatic heterocycles. The van der Waals surface area contributed by atoms with Gasteiger partial charge in [0.05, 0.1) is 17.0 Å². The van der Waals surface area contributed by atoms with E-state index in [0.29, 0.717) is 11.0 Å². The van der Waals surface area contributed by atoms with Crippen LogP contribution in [0.2, 0.25) is 0 Å². The van der Waals surface area contributed by atoms with Crippen LogP contribution in [0.15, 0.2) is 53.1 Å². The summed E-state index contributed by atoms with van der Waals surface area (Å²) in [6.07, 6.45) is 1.64. The number of rotatable bonds is 4. The van der Waals surface area contributed by atoms with E-state index >= 15 is 0 Å². The predicted molar refractivity (Wildman–Crippen MR) is 123 cm³/mol. The molecule has 5 aromatic rings. The third kappa shape index (κ3) is 3.38. The van der Waals surface area contributed by atoms with E-state index < -0.39 is 5.91 Å². The van der Waals surface area contributed by atoms with Crippen molar-refractivity contribution in [1.82, 2.24) is 15.3 Å². The van der Waals surface area contributed by atoms with Gasteiger partial charge in [0.15, 0.2) is 5.69 Å². The third-order valence-corrected chi connectivity index (χ3v) is 6.35. The van der Waals surface area contributed by atoms with Gasteiger partial charge in [-0.1, -0.05) is 12.1 Å². The quantitative estimate of drug-likeness (QED) is 0.323. The minimum atomic E-state index is -0.408. The summed E-state index contributed by atoms with van der Waals surface area (Å²) < 4.78 is 6.42. The highest BCUT2D eigenvalue weighted by atomic mass is 32.1. The highest BCUT2D eigenvalue weighted by Gasteiger charge is 2.21. The normalized spacial score (nSPS) is 11.3. The first-order valence-corrected chi connectivity index (χ1v) is 11.0. The fourth-order valence-electron chi connectivity index (χ4n) is 3.85. The maximum atomic E-state index is 12.9. The molecule has 0 unspecified atom stereocenters. The van der Waals surface area contributed by atoms with Crippen LogP contribution >= 0.6 is 11.3 Å². The second-order valence-electron chi connectivity index (χ2n) is 7.62. The number of hydrogen-bond acceptors (Lipinski definition) is 6. The fraction of sp³-hybridized carbons (Fsp3) is 0.167. The lowest BCUT2D eigenvalue weighted by Gasteiger charge is -2.09. The Bertz CT molecular complexity index is 1500. The zero-order chi connectivity index (χ0) is 22.4. The molecule has 1 amide bonds. The summed E-state index contributed by atoms with van der Waals surface area (Å²) in [6.45, 7) is 5.89. The molecule has 0 saturated heterocycles. The lowest BCUT2D eigenvalue weighted by atomic mass is 10.1. The van der Waals surface area contributed by atoms with Gasteiger partial charge in [-0.15, -0.1) is 11.3 Å². The third-order valence-electron chi connectivity index (χ3n) is 5.47. The zero-order valence-electron chi connectivity index (χ0n) is 17.8. The van der Waals surface area contributed by atoms with Crippen molar-refractivity contribution in [2.45, 2.75) is 27.3 Å². The van der Waals surface area contributed by atoms with Crippen LogP contribution in [0, 0.1) is 26.0 Å². The van der Waals surface area contributed by atoms with Crippen LogP contribution < -0.4 is 10.0 Å². The van der Waals surface area contributed by atoms with Crippen molar-refractivity contribution in [2.24, 2.45) is 0 Å². The number of fused-ring (bicyclic) bond motifs is 2. The van der Waals surface area contributed by atoms with E-state index in [1.807, 2.05) is 25.1 Å². The van der Waals surface area contributed by atoms with E-state index in [-0.39, 0.29) is 17.9 Å². The number of carbonyl (C=O) groups is 1. The second kappa shape index (κ2) is 7.72. The molecule has 32 heavy (non-hydrogen) atoms. The number of aryl methyl sites for hydroxylation is 2. The molecule has 0 aliphatic rings. The van der Waals surface area contributed by atoms with Gasteiger partial charge in [0, 0.05) is 40.9 Å². The first-order chi connectivity index (χ1) is 15.4. The number of para-hydroxylation sites is 2. The Balaban J connectivity index is 1.44. The molecule has 0 fully saturated rings. The molecule has 3 aromatic heterocycles. The number of furan rings is 1. The molecule has 1 N–H and O–H groups in total. The van der Waals surface area contributed by atoms with Crippen LogP contribution in [-0.2, 0) is 6.54 Å². The average molecular weight is 445 g/mol. The van der Waals surface area contributed by atoms with Crippen LogP contribution in [0.3, 0.4) is 0 Å². The summed E-state index contributed by atoms with van der Waals surface area (Å²) in [4.78, 5) is 23.1. The minimum Gasteiger partial charge on any atom is -0.618 e. The molecule has 5 rings (SSSR count). The summed E-state index contributed by atoms with van der Waals surface area (Å²) in [5.74, 6) is -0.408. The summed E-state index contributed by atoms with van der Waals surface area (Å²) in [7, 11) is 0. The first kappa shape index (κ1) is 20.1. The van der Waals surface area contributed by atoms with E-state index in [1.165, 1.54) is 0 Å². The van der Waals surface area contributed by atoms with Crippen molar-refractivity contribution in [3.8, 4) is 11.3 Å². The van der Waals surface area contributed by atoms with Gasteiger partial charge in [-0.3, -0.25) is 4.79 Å². The Hall–Kier alpha value is -3.78. The van der Waals surface area contributed by atoms with Crippen LogP contribution in [0.4, 0.5) is 0 Å². The highest BCUT2D eigenvalue weighted by molar-refractivity contribution is 7.11. The molecule has 0 radical (unpaired) electrons. The maximum absolute atomic E-state index is 12.9. The molecule has 2 aromatic carbocycles.